The number of nitrogens with two attached hydrogens (primary N) is 5. The van der Waals surface area contributed by atoms with E-state index in [1.165, 1.54) is 0 Å². The highest BCUT2D eigenvalue weighted by molar-refractivity contribution is 5.98. The van der Waals surface area contributed by atoms with Crippen LogP contribution in [-0.4, -0.2) is 137 Å². The summed E-state index contributed by atoms with van der Waals surface area (Å²) in [6.45, 7) is 11.0. The Bertz CT molecular complexity index is 1920. The van der Waals surface area contributed by atoms with Crippen molar-refractivity contribution in [3.63, 3.8) is 0 Å². The van der Waals surface area contributed by atoms with E-state index in [1.54, 1.807) is 71.9 Å². The van der Waals surface area contributed by atoms with Gasteiger partial charge < -0.3 is 76.1 Å². The number of amides is 7. The highest BCUT2D eigenvalue weighted by atomic mass is 16.4. The van der Waals surface area contributed by atoms with Gasteiger partial charge in [-0.05, 0) is 87.8 Å². The average molecular weight is 1000 g/mol. The highest BCUT2D eigenvalue weighted by Gasteiger charge is 2.36. The first-order chi connectivity index (χ1) is 33.4. The molecule has 0 heterocycles. The number of hydrogen-bond donors (Lipinski definition) is 14. The smallest absolute Gasteiger partial charge is 0.326 e. The number of carbonyl (C=O) groups is 9. The van der Waals surface area contributed by atoms with Crippen LogP contribution in [-0.2, 0) is 49.6 Å². The number of carbonyl (C=O) groups excluding carboxylic acids is 7. The summed E-state index contributed by atoms with van der Waals surface area (Å²) in [5.41, 5.74) is 28.8. The van der Waals surface area contributed by atoms with Crippen LogP contribution >= 0.6 is 0 Å². The Labute approximate surface area is 416 Å². The van der Waals surface area contributed by atoms with Crippen molar-refractivity contribution in [2.24, 2.45) is 51.4 Å². The topological polar surface area (TPSA) is 421 Å². The first-order valence-electron chi connectivity index (χ1n) is 24.2. The minimum atomic E-state index is -1.80. The number of rotatable bonds is 35. The number of carboxylic acid groups (broad SMARTS) is 2. The van der Waals surface area contributed by atoms with E-state index < -0.39 is 120 Å². The maximum absolute atomic E-state index is 14.3. The molecule has 0 fully saturated rings. The van der Waals surface area contributed by atoms with E-state index in [0.29, 0.717) is 44.2 Å². The minimum Gasteiger partial charge on any atom is -0.481 e. The summed E-state index contributed by atoms with van der Waals surface area (Å²) in [7, 11) is 0. The van der Waals surface area contributed by atoms with Gasteiger partial charge in [0, 0.05) is 13.0 Å². The van der Waals surface area contributed by atoms with Crippen LogP contribution in [0, 0.1) is 17.8 Å². The summed E-state index contributed by atoms with van der Waals surface area (Å²) in [5, 5.41) is 37.6. The molecule has 0 aliphatic carbocycles. The molecule has 0 saturated carbocycles. The van der Waals surface area contributed by atoms with Crippen molar-refractivity contribution >= 4 is 59.2 Å². The van der Waals surface area contributed by atoms with Gasteiger partial charge in [-0.2, -0.15) is 0 Å². The fourth-order valence-electron chi connectivity index (χ4n) is 7.23. The van der Waals surface area contributed by atoms with Gasteiger partial charge in [0.15, 0.2) is 5.96 Å². The maximum atomic E-state index is 14.3. The van der Waals surface area contributed by atoms with Crippen LogP contribution in [0.3, 0.4) is 0 Å². The van der Waals surface area contributed by atoms with Gasteiger partial charge in [0.1, 0.15) is 42.3 Å². The lowest BCUT2D eigenvalue weighted by molar-refractivity contribution is -0.143. The largest absolute Gasteiger partial charge is 0.481 e. The standard InChI is InChI=1S/C47H81N13O11/c1-26(2)23-35(46(70)71)58-41(65)31(18-11-13-21-49)54-43(67)34(25-36(61)62)57-42(66)33(24-29-15-8-7-9-16-29)56-40(64)32(19-14-22-53-47(51)52)55-44(68)37(27(3)4)60-45(69)38(28(5)6)59-39(63)30(50)17-10-12-20-48/h7-9,15-16,26-28,30-35,37-38H,10-14,17-25,48-50H2,1-6H3,(H,54,67)(H,55,68)(H,56,64)(H,57,66)(H,58,65)(H,59,63)(H,60,69)(H,61,62)(H,70,71)(H4,51,52,53)/t30-,31-,32-,33-,34-,35-,37-,38-/m0/s1. The van der Waals surface area contributed by atoms with Gasteiger partial charge in [0.05, 0.1) is 12.5 Å². The van der Waals surface area contributed by atoms with Gasteiger partial charge in [-0.1, -0.05) is 78.3 Å². The van der Waals surface area contributed by atoms with Crippen LogP contribution in [0.2, 0.25) is 0 Å². The predicted molar refractivity (Wildman–Crippen MR) is 266 cm³/mol. The summed E-state index contributed by atoms with van der Waals surface area (Å²) in [4.78, 5) is 125. The molecule has 0 radical (unpaired) electrons. The molecule has 19 N–H and O–H groups in total. The van der Waals surface area contributed by atoms with Gasteiger partial charge in [-0.15, -0.1) is 0 Å². The third kappa shape index (κ3) is 24.8. The van der Waals surface area contributed by atoms with Crippen molar-refractivity contribution in [1.29, 1.82) is 0 Å². The third-order valence-corrected chi connectivity index (χ3v) is 11.2. The molecule has 0 aliphatic rings. The number of aliphatic carboxylic acids is 2. The van der Waals surface area contributed by atoms with Gasteiger partial charge in [0.25, 0.3) is 0 Å². The molecule has 71 heavy (non-hydrogen) atoms. The first kappa shape index (κ1) is 62.6. The monoisotopic (exact) mass is 1000 g/mol. The summed E-state index contributed by atoms with van der Waals surface area (Å²) >= 11 is 0. The van der Waals surface area contributed by atoms with Crippen LogP contribution in [0.25, 0.3) is 0 Å². The molecule has 0 unspecified atom stereocenters. The molecule has 8 atom stereocenters. The Balaban J connectivity index is 3.58. The Morgan fingerprint density at radius 2 is 0.972 bits per heavy atom. The van der Waals surface area contributed by atoms with E-state index in [9.17, 15) is 53.4 Å². The summed E-state index contributed by atoms with van der Waals surface area (Å²) in [6, 6.07) is -2.15. The second kappa shape index (κ2) is 33.2. The lowest BCUT2D eigenvalue weighted by atomic mass is 9.98. The van der Waals surface area contributed by atoms with E-state index in [2.05, 4.69) is 42.2 Å². The van der Waals surface area contributed by atoms with E-state index in [1.807, 2.05) is 0 Å². The normalized spacial score (nSPS) is 14.6. The van der Waals surface area contributed by atoms with Crippen molar-refractivity contribution in [3.05, 3.63) is 35.9 Å². The molecule has 0 saturated heterocycles. The van der Waals surface area contributed by atoms with E-state index in [0.717, 1.165) is 0 Å². The molecular formula is C47H81N13O11. The Morgan fingerprint density at radius 3 is 1.46 bits per heavy atom. The molecule has 1 rings (SSSR count). The summed E-state index contributed by atoms with van der Waals surface area (Å²) < 4.78 is 0. The van der Waals surface area contributed by atoms with Gasteiger partial charge in [-0.3, -0.25) is 43.3 Å². The van der Waals surface area contributed by atoms with E-state index in [4.69, 9.17) is 28.7 Å². The quantitative estimate of drug-likeness (QED) is 0.0202. The number of benzene rings is 1. The number of aliphatic imine (C=N–C) groups is 1. The van der Waals surface area contributed by atoms with Crippen LogP contribution in [0.5, 0.6) is 0 Å². The molecule has 400 valence electrons. The van der Waals surface area contributed by atoms with Crippen molar-refractivity contribution in [3.8, 4) is 0 Å². The fraction of sp³-hybridized carbons (Fsp3) is 0.660. The lowest BCUT2D eigenvalue weighted by Crippen LogP contribution is -2.61. The Morgan fingerprint density at radius 1 is 0.535 bits per heavy atom. The Kier molecular flexibility index (Phi) is 29.3. The Hall–Kier alpha value is -6.40. The van der Waals surface area contributed by atoms with Crippen LogP contribution in [0.1, 0.15) is 111 Å². The number of carboxylic acids is 2. The third-order valence-electron chi connectivity index (χ3n) is 11.2. The molecule has 0 bridgehead atoms. The summed E-state index contributed by atoms with van der Waals surface area (Å²) in [5.74, 6) is -9.93. The highest BCUT2D eigenvalue weighted by Crippen LogP contribution is 2.13. The van der Waals surface area contributed by atoms with Crippen LogP contribution < -0.4 is 65.9 Å². The molecule has 0 spiro atoms. The number of unbranched alkanes of at least 4 members (excludes halogenated alkanes) is 2. The average Bonchev–Trinajstić information content (AvgIpc) is 3.29. The predicted octanol–water partition coefficient (Wildman–Crippen LogP) is -1.82. The maximum Gasteiger partial charge on any atom is 0.326 e. The number of nitrogens with zero attached hydrogens (tertiary/aromatic N) is 1. The summed E-state index contributed by atoms with van der Waals surface area (Å²) in [6.07, 6.45) is 1.38. The van der Waals surface area contributed by atoms with Crippen LogP contribution in [0.15, 0.2) is 35.3 Å². The first-order valence-corrected chi connectivity index (χ1v) is 24.2. The van der Waals surface area contributed by atoms with E-state index in [-0.39, 0.29) is 57.1 Å². The van der Waals surface area contributed by atoms with Crippen molar-refractivity contribution < 1.29 is 53.4 Å². The second-order valence-corrected chi connectivity index (χ2v) is 18.6. The SMILES string of the molecule is CC(C)C[C@H](NC(=O)[C@H](CCCCN)NC(=O)[C@H](CC(=O)O)NC(=O)[C@H](Cc1ccccc1)NC(=O)[C@H](CCCN=C(N)N)NC(=O)[C@@H](NC(=O)[C@@H](NC(=O)[C@@H](N)CCCCN)C(C)C)C(C)C)C(=O)O. The van der Waals surface area contributed by atoms with Crippen molar-refractivity contribution in [2.75, 3.05) is 19.6 Å². The molecule has 1 aromatic carbocycles. The number of nitrogens with one attached hydrogen (secondary N) is 7. The minimum absolute atomic E-state index is 0.000400. The van der Waals surface area contributed by atoms with Crippen LogP contribution in [0.4, 0.5) is 0 Å². The molecule has 24 heteroatoms. The lowest BCUT2D eigenvalue weighted by Gasteiger charge is -2.29. The molecule has 1 aromatic rings. The van der Waals surface area contributed by atoms with Gasteiger partial charge in [0.2, 0.25) is 41.4 Å². The molecule has 0 aromatic heterocycles. The zero-order chi connectivity index (χ0) is 53.8. The zero-order valence-corrected chi connectivity index (χ0v) is 42.0. The molecule has 0 aliphatic heterocycles. The number of guanidine groups is 1. The van der Waals surface area contributed by atoms with Crippen molar-refractivity contribution in [1.82, 2.24) is 37.2 Å². The van der Waals surface area contributed by atoms with Crippen molar-refractivity contribution in [2.45, 2.75) is 161 Å². The van der Waals surface area contributed by atoms with Gasteiger partial charge in [-0.25, -0.2) is 4.79 Å². The molecule has 7 amide bonds. The molecule has 24 nitrogen and oxygen atoms in total. The molecular weight excluding hydrogens is 923 g/mol. The second-order valence-electron chi connectivity index (χ2n) is 18.6. The van der Waals surface area contributed by atoms with E-state index >= 15 is 0 Å². The zero-order valence-electron chi connectivity index (χ0n) is 42.0. The number of hydrogen-bond acceptors (Lipinski definition) is 13. The van der Waals surface area contributed by atoms with Gasteiger partial charge >= 0.3 is 11.9 Å². The fourth-order valence-corrected chi connectivity index (χ4v) is 7.23.